The minimum atomic E-state index is 0.406. The second-order valence-corrected chi connectivity index (χ2v) is 8.29. The van der Waals surface area contributed by atoms with Crippen LogP contribution in [-0.4, -0.2) is 73.3 Å². The molecule has 0 atom stereocenters. The number of ether oxygens (including phenoxy) is 2. The molecule has 0 unspecified atom stereocenters. The molecule has 168 valence electrons. The summed E-state index contributed by atoms with van der Waals surface area (Å²) in [5, 5.41) is 0. The molecule has 0 amide bonds. The van der Waals surface area contributed by atoms with Crippen LogP contribution >= 0.6 is 0 Å². The maximum Gasteiger partial charge on any atom is 0.322 e. The van der Waals surface area contributed by atoms with Crippen molar-refractivity contribution in [3.63, 3.8) is 0 Å². The summed E-state index contributed by atoms with van der Waals surface area (Å²) in [4.78, 5) is 21.1. The summed E-state index contributed by atoms with van der Waals surface area (Å²) in [7, 11) is 3.33. The lowest BCUT2D eigenvalue weighted by Crippen LogP contribution is -2.33. The van der Waals surface area contributed by atoms with E-state index in [1.54, 1.807) is 14.2 Å². The molecule has 1 aromatic carbocycles. The topological polar surface area (TPSA) is 66.8 Å². The number of hydrogen-bond acceptors (Lipinski definition) is 8. The molecule has 8 heteroatoms. The van der Waals surface area contributed by atoms with E-state index in [0.29, 0.717) is 6.01 Å². The number of nitrogens with zero attached hydrogens (tertiary/aromatic N) is 6. The molecule has 2 aromatic rings. The highest BCUT2D eigenvalue weighted by atomic mass is 16.5. The largest absolute Gasteiger partial charge is 0.497 e. The van der Waals surface area contributed by atoms with Gasteiger partial charge in [0.15, 0.2) is 0 Å². The monoisotopic (exact) mass is 426 g/mol. The van der Waals surface area contributed by atoms with E-state index in [9.17, 15) is 0 Å². The normalized spacial score (nSPS) is 18.4. The predicted molar refractivity (Wildman–Crippen MR) is 122 cm³/mol. The van der Waals surface area contributed by atoms with Gasteiger partial charge in [-0.05, 0) is 37.0 Å². The van der Waals surface area contributed by atoms with Gasteiger partial charge in [0.2, 0.25) is 11.9 Å². The molecule has 2 saturated heterocycles. The summed E-state index contributed by atoms with van der Waals surface area (Å²) in [6.45, 7) is 6.80. The molecular weight excluding hydrogens is 392 g/mol. The fourth-order valence-electron chi connectivity index (χ4n) is 4.30. The summed E-state index contributed by atoms with van der Waals surface area (Å²) >= 11 is 0. The first-order valence-corrected chi connectivity index (χ1v) is 11.4. The van der Waals surface area contributed by atoms with Gasteiger partial charge < -0.3 is 19.3 Å². The van der Waals surface area contributed by atoms with E-state index in [1.165, 1.54) is 31.2 Å². The Morgan fingerprint density at radius 2 is 1.32 bits per heavy atom. The Morgan fingerprint density at radius 1 is 0.677 bits per heavy atom. The average molecular weight is 427 g/mol. The van der Waals surface area contributed by atoms with Crippen LogP contribution < -0.4 is 19.3 Å². The lowest BCUT2D eigenvalue weighted by atomic mass is 10.2. The van der Waals surface area contributed by atoms with Crippen LogP contribution in [0.3, 0.4) is 0 Å². The van der Waals surface area contributed by atoms with E-state index < -0.39 is 0 Å². The summed E-state index contributed by atoms with van der Waals surface area (Å²) in [5.74, 6) is 2.38. The van der Waals surface area contributed by atoms with Gasteiger partial charge in [-0.1, -0.05) is 25.0 Å². The zero-order chi connectivity index (χ0) is 21.5. The molecule has 4 rings (SSSR count). The minimum Gasteiger partial charge on any atom is -0.497 e. The van der Waals surface area contributed by atoms with Crippen LogP contribution in [-0.2, 0) is 6.54 Å². The molecule has 31 heavy (non-hydrogen) atoms. The maximum atomic E-state index is 5.42. The Morgan fingerprint density at radius 3 is 1.97 bits per heavy atom. The Kier molecular flexibility index (Phi) is 7.40. The average Bonchev–Trinajstić information content (AvgIpc) is 3.23. The van der Waals surface area contributed by atoms with Gasteiger partial charge in [0.1, 0.15) is 5.75 Å². The molecule has 0 bridgehead atoms. The van der Waals surface area contributed by atoms with E-state index in [2.05, 4.69) is 36.8 Å². The molecule has 8 nitrogen and oxygen atoms in total. The lowest BCUT2D eigenvalue weighted by molar-refractivity contribution is 0.285. The third-order valence-corrected chi connectivity index (χ3v) is 6.10. The lowest BCUT2D eigenvalue weighted by Gasteiger charge is -2.25. The molecule has 2 aliphatic rings. The van der Waals surface area contributed by atoms with E-state index in [4.69, 9.17) is 14.5 Å². The van der Waals surface area contributed by atoms with Crippen molar-refractivity contribution in [3.8, 4) is 11.8 Å². The molecular formula is C23H34N6O2. The Balaban J connectivity index is 1.43. The number of aromatic nitrogens is 3. The number of methoxy groups -OCH3 is 2. The Hall–Kier alpha value is -2.61. The van der Waals surface area contributed by atoms with Crippen molar-refractivity contribution in [2.75, 3.05) is 63.3 Å². The first-order valence-electron chi connectivity index (χ1n) is 11.4. The molecule has 0 radical (unpaired) electrons. The quantitative estimate of drug-likeness (QED) is 0.698. The molecule has 3 heterocycles. The van der Waals surface area contributed by atoms with Gasteiger partial charge in [0.25, 0.3) is 0 Å². The van der Waals surface area contributed by atoms with Crippen molar-refractivity contribution in [1.82, 2.24) is 19.9 Å². The fourth-order valence-corrected chi connectivity index (χ4v) is 4.30. The molecule has 1 aromatic heterocycles. The first kappa shape index (κ1) is 21.6. The zero-order valence-corrected chi connectivity index (χ0v) is 18.8. The van der Waals surface area contributed by atoms with Gasteiger partial charge >= 0.3 is 6.01 Å². The Labute approximate surface area is 185 Å². The van der Waals surface area contributed by atoms with E-state index in [1.807, 2.05) is 12.1 Å². The van der Waals surface area contributed by atoms with Crippen LogP contribution in [0.25, 0.3) is 0 Å². The molecule has 0 saturated carbocycles. The summed E-state index contributed by atoms with van der Waals surface area (Å²) in [5.41, 5.74) is 1.31. The molecule has 0 N–H and O–H groups in total. The van der Waals surface area contributed by atoms with E-state index >= 15 is 0 Å². The number of rotatable bonds is 6. The highest BCUT2D eigenvalue weighted by Crippen LogP contribution is 2.22. The van der Waals surface area contributed by atoms with Crippen molar-refractivity contribution < 1.29 is 9.47 Å². The number of benzene rings is 1. The fraction of sp³-hybridized carbons (Fsp3) is 0.609. The maximum absolute atomic E-state index is 5.42. The SMILES string of the molecule is COc1ccc(CN2CCCN(c3nc(OC)nc(N4CCCCCC4)n3)CC2)cc1. The first-order chi connectivity index (χ1) is 15.2. The third kappa shape index (κ3) is 5.76. The van der Waals surface area contributed by atoms with Crippen molar-refractivity contribution in [2.24, 2.45) is 0 Å². The summed E-state index contributed by atoms with van der Waals surface area (Å²) < 4.78 is 10.7. The van der Waals surface area contributed by atoms with Crippen LogP contribution in [0.4, 0.5) is 11.9 Å². The molecule has 0 spiro atoms. The number of hydrogen-bond donors (Lipinski definition) is 0. The molecule has 2 aliphatic heterocycles. The Bertz CT molecular complexity index is 823. The van der Waals surface area contributed by atoms with Gasteiger partial charge in [-0.15, -0.1) is 0 Å². The summed E-state index contributed by atoms with van der Waals surface area (Å²) in [6, 6.07) is 8.75. The van der Waals surface area contributed by atoms with Crippen LogP contribution in [0.1, 0.15) is 37.7 Å². The van der Waals surface area contributed by atoms with Crippen LogP contribution in [0.15, 0.2) is 24.3 Å². The highest BCUT2D eigenvalue weighted by molar-refractivity contribution is 5.41. The van der Waals surface area contributed by atoms with Crippen LogP contribution in [0.5, 0.6) is 11.8 Å². The second kappa shape index (κ2) is 10.6. The smallest absolute Gasteiger partial charge is 0.322 e. The van der Waals surface area contributed by atoms with Crippen LogP contribution in [0.2, 0.25) is 0 Å². The second-order valence-electron chi connectivity index (χ2n) is 8.29. The highest BCUT2D eigenvalue weighted by Gasteiger charge is 2.21. The van der Waals surface area contributed by atoms with Crippen LogP contribution in [0, 0.1) is 0 Å². The minimum absolute atomic E-state index is 0.406. The van der Waals surface area contributed by atoms with Gasteiger partial charge in [-0.2, -0.15) is 15.0 Å². The standard InChI is InChI=1S/C23H34N6O2/c1-30-20-10-8-19(9-11-20)18-27-12-7-15-29(17-16-27)22-24-21(25-23(26-22)31-2)28-13-5-3-4-6-14-28/h8-11H,3-7,12-18H2,1-2H3. The predicted octanol–water partition coefficient (Wildman–Crippen LogP) is 2.98. The number of anilines is 2. The summed E-state index contributed by atoms with van der Waals surface area (Å²) in [6.07, 6.45) is 6.01. The van der Waals surface area contributed by atoms with Crippen molar-refractivity contribution in [3.05, 3.63) is 29.8 Å². The van der Waals surface area contributed by atoms with Gasteiger partial charge in [-0.3, -0.25) is 4.90 Å². The van der Waals surface area contributed by atoms with Crippen molar-refractivity contribution in [1.29, 1.82) is 0 Å². The van der Waals surface area contributed by atoms with Gasteiger partial charge in [-0.25, -0.2) is 0 Å². The van der Waals surface area contributed by atoms with E-state index in [-0.39, 0.29) is 0 Å². The molecule has 2 fully saturated rings. The molecule has 0 aliphatic carbocycles. The third-order valence-electron chi connectivity index (χ3n) is 6.10. The van der Waals surface area contributed by atoms with Gasteiger partial charge in [0.05, 0.1) is 14.2 Å². The zero-order valence-electron chi connectivity index (χ0n) is 18.8. The van der Waals surface area contributed by atoms with Gasteiger partial charge in [0, 0.05) is 45.8 Å². The van der Waals surface area contributed by atoms with Crippen molar-refractivity contribution in [2.45, 2.75) is 38.6 Å². The van der Waals surface area contributed by atoms with Crippen molar-refractivity contribution >= 4 is 11.9 Å². The van der Waals surface area contributed by atoms with E-state index in [0.717, 1.165) is 69.9 Å².